The Morgan fingerprint density at radius 3 is 2.41 bits per heavy atom. The van der Waals surface area contributed by atoms with Crippen molar-refractivity contribution in [3.05, 3.63) is 42.6 Å². The lowest BCUT2D eigenvalue weighted by atomic mass is 10.2. The van der Waals surface area contributed by atoms with Crippen molar-refractivity contribution in [1.82, 2.24) is 4.98 Å². The van der Waals surface area contributed by atoms with Crippen LogP contribution in [0, 0.1) is 0 Å². The molecule has 4 heteroatoms. The molecule has 88 valence electrons. The summed E-state index contributed by atoms with van der Waals surface area (Å²) in [6.07, 6.45) is 1.72. The fourth-order valence-corrected chi connectivity index (χ4v) is 1.50. The number of pyridine rings is 1. The van der Waals surface area contributed by atoms with E-state index < -0.39 is 0 Å². The molecule has 0 spiro atoms. The van der Waals surface area contributed by atoms with E-state index in [2.05, 4.69) is 15.2 Å². The molecule has 0 bridgehead atoms. The standard InChI is InChI=1S/C13H16N4/c1-17(2)11-7-5-10(6-8-11)16-13-12(14)4-3-9-15-13/h3-9H,14H2,1-2H3,(H,15,16). The number of hydrogen-bond donors (Lipinski definition) is 2. The quantitative estimate of drug-likeness (QED) is 0.847. The highest BCUT2D eigenvalue weighted by Crippen LogP contribution is 2.21. The number of aromatic nitrogens is 1. The molecule has 0 aliphatic carbocycles. The van der Waals surface area contributed by atoms with Gasteiger partial charge in [0.1, 0.15) is 0 Å². The first kappa shape index (κ1) is 11.3. The molecule has 2 rings (SSSR count). The number of rotatable bonds is 3. The lowest BCUT2D eigenvalue weighted by Gasteiger charge is -2.13. The zero-order valence-corrected chi connectivity index (χ0v) is 10.0. The van der Waals surface area contributed by atoms with Gasteiger partial charge in [-0.05, 0) is 36.4 Å². The molecule has 17 heavy (non-hydrogen) atoms. The molecular weight excluding hydrogens is 212 g/mol. The predicted octanol–water partition coefficient (Wildman–Crippen LogP) is 2.47. The highest BCUT2D eigenvalue weighted by Gasteiger charge is 2.00. The Bertz CT molecular complexity index is 491. The van der Waals surface area contributed by atoms with Crippen LogP contribution in [0.1, 0.15) is 0 Å². The minimum Gasteiger partial charge on any atom is -0.396 e. The van der Waals surface area contributed by atoms with Crippen LogP contribution in [0.15, 0.2) is 42.6 Å². The van der Waals surface area contributed by atoms with E-state index in [1.54, 1.807) is 6.20 Å². The number of nitrogens with one attached hydrogen (secondary N) is 1. The van der Waals surface area contributed by atoms with Crippen LogP contribution < -0.4 is 16.0 Å². The molecule has 2 aromatic rings. The van der Waals surface area contributed by atoms with Gasteiger partial charge in [0, 0.05) is 31.7 Å². The van der Waals surface area contributed by atoms with E-state index in [9.17, 15) is 0 Å². The van der Waals surface area contributed by atoms with Gasteiger partial charge < -0.3 is 16.0 Å². The Labute approximate surface area is 101 Å². The summed E-state index contributed by atoms with van der Waals surface area (Å²) in [5.41, 5.74) is 8.59. The van der Waals surface area contributed by atoms with Gasteiger partial charge in [0.05, 0.1) is 5.69 Å². The highest BCUT2D eigenvalue weighted by molar-refractivity contribution is 5.69. The summed E-state index contributed by atoms with van der Waals surface area (Å²) >= 11 is 0. The third-order valence-electron chi connectivity index (χ3n) is 2.49. The molecule has 0 aliphatic heterocycles. The number of anilines is 4. The van der Waals surface area contributed by atoms with Crippen LogP contribution in [0.4, 0.5) is 22.9 Å². The van der Waals surface area contributed by atoms with Crippen LogP contribution in [0.2, 0.25) is 0 Å². The Hall–Kier alpha value is -2.23. The summed E-state index contributed by atoms with van der Waals surface area (Å²) in [6, 6.07) is 11.7. The van der Waals surface area contributed by atoms with Gasteiger partial charge in [0.25, 0.3) is 0 Å². The smallest absolute Gasteiger partial charge is 0.153 e. The summed E-state index contributed by atoms with van der Waals surface area (Å²) < 4.78 is 0. The summed E-state index contributed by atoms with van der Waals surface area (Å²) in [7, 11) is 4.03. The van der Waals surface area contributed by atoms with Crippen LogP contribution >= 0.6 is 0 Å². The van der Waals surface area contributed by atoms with Crippen molar-refractivity contribution >= 4 is 22.9 Å². The second-order valence-corrected chi connectivity index (χ2v) is 4.01. The number of nitrogen functional groups attached to an aromatic ring is 1. The van der Waals surface area contributed by atoms with E-state index in [0.29, 0.717) is 11.5 Å². The first-order chi connectivity index (χ1) is 8.16. The molecule has 0 unspecified atom stereocenters. The van der Waals surface area contributed by atoms with Crippen LogP contribution in [0.25, 0.3) is 0 Å². The first-order valence-corrected chi connectivity index (χ1v) is 5.42. The van der Waals surface area contributed by atoms with E-state index >= 15 is 0 Å². The zero-order chi connectivity index (χ0) is 12.3. The van der Waals surface area contributed by atoms with Crippen LogP contribution in [-0.2, 0) is 0 Å². The molecule has 1 aromatic heterocycles. The molecule has 0 radical (unpaired) electrons. The average molecular weight is 228 g/mol. The van der Waals surface area contributed by atoms with Crippen molar-refractivity contribution in [2.75, 3.05) is 30.0 Å². The number of hydrogen-bond acceptors (Lipinski definition) is 4. The van der Waals surface area contributed by atoms with E-state index in [0.717, 1.165) is 11.4 Å². The molecule has 0 fully saturated rings. The molecule has 0 aliphatic rings. The van der Waals surface area contributed by atoms with E-state index in [1.807, 2.05) is 50.5 Å². The fourth-order valence-electron chi connectivity index (χ4n) is 1.50. The largest absolute Gasteiger partial charge is 0.396 e. The molecule has 4 nitrogen and oxygen atoms in total. The number of nitrogens with two attached hydrogens (primary N) is 1. The maximum absolute atomic E-state index is 5.81. The molecular formula is C13H16N4. The molecule has 1 aromatic carbocycles. The van der Waals surface area contributed by atoms with Crippen molar-refractivity contribution < 1.29 is 0 Å². The predicted molar refractivity (Wildman–Crippen MR) is 72.7 cm³/mol. The normalized spacial score (nSPS) is 10.0. The second-order valence-electron chi connectivity index (χ2n) is 4.01. The van der Waals surface area contributed by atoms with Crippen molar-refractivity contribution in [3.63, 3.8) is 0 Å². The van der Waals surface area contributed by atoms with E-state index in [4.69, 9.17) is 5.73 Å². The van der Waals surface area contributed by atoms with Gasteiger partial charge in [0.2, 0.25) is 0 Å². The Morgan fingerprint density at radius 2 is 1.82 bits per heavy atom. The fraction of sp³-hybridized carbons (Fsp3) is 0.154. The second kappa shape index (κ2) is 4.74. The molecule has 0 saturated carbocycles. The third-order valence-corrected chi connectivity index (χ3v) is 2.49. The lowest BCUT2D eigenvalue weighted by Crippen LogP contribution is -2.08. The minimum atomic E-state index is 0.643. The average Bonchev–Trinajstić information content (AvgIpc) is 2.33. The van der Waals surface area contributed by atoms with E-state index in [-0.39, 0.29) is 0 Å². The van der Waals surface area contributed by atoms with Gasteiger partial charge in [-0.3, -0.25) is 0 Å². The van der Waals surface area contributed by atoms with E-state index in [1.165, 1.54) is 0 Å². The Balaban J connectivity index is 2.17. The monoisotopic (exact) mass is 228 g/mol. The minimum absolute atomic E-state index is 0.643. The summed E-state index contributed by atoms with van der Waals surface area (Å²) in [6.45, 7) is 0. The van der Waals surface area contributed by atoms with Gasteiger partial charge >= 0.3 is 0 Å². The number of benzene rings is 1. The lowest BCUT2D eigenvalue weighted by molar-refractivity contribution is 1.13. The first-order valence-electron chi connectivity index (χ1n) is 5.42. The Morgan fingerprint density at radius 1 is 1.12 bits per heavy atom. The summed E-state index contributed by atoms with van der Waals surface area (Å²) in [5.74, 6) is 0.685. The molecule has 3 N–H and O–H groups in total. The van der Waals surface area contributed by atoms with Gasteiger partial charge in [-0.1, -0.05) is 0 Å². The van der Waals surface area contributed by atoms with Gasteiger partial charge in [-0.2, -0.15) is 0 Å². The third kappa shape index (κ3) is 2.66. The van der Waals surface area contributed by atoms with Crippen molar-refractivity contribution in [3.8, 4) is 0 Å². The van der Waals surface area contributed by atoms with Crippen LogP contribution in [0.3, 0.4) is 0 Å². The van der Waals surface area contributed by atoms with Crippen molar-refractivity contribution in [2.45, 2.75) is 0 Å². The van der Waals surface area contributed by atoms with Crippen molar-refractivity contribution in [1.29, 1.82) is 0 Å². The van der Waals surface area contributed by atoms with Crippen molar-refractivity contribution in [2.24, 2.45) is 0 Å². The maximum Gasteiger partial charge on any atom is 0.153 e. The van der Waals surface area contributed by atoms with Crippen LogP contribution in [0.5, 0.6) is 0 Å². The summed E-state index contributed by atoms with van der Waals surface area (Å²) in [5, 5.41) is 3.18. The van der Waals surface area contributed by atoms with Gasteiger partial charge in [-0.25, -0.2) is 4.98 Å². The van der Waals surface area contributed by atoms with Gasteiger partial charge in [-0.15, -0.1) is 0 Å². The summed E-state index contributed by atoms with van der Waals surface area (Å²) in [4.78, 5) is 6.24. The molecule has 1 heterocycles. The number of nitrogens with zero attached hydrogens (tertiary/aromatic N) is 2. The molecule has 0 saturated heterocycles. The Kier molecular flexibility index (Phi) is 3.14. The highest BCUT2D eigenvalue weighted by atomic mass is 15.1. The van der Waals surface area contributed by atoms with Gasteiger partial charge in [0.15, 0.2) is 5.82 Å². The topological polar surface area (TPSA) is 54.2 Å². The van der Waals surface area contributed by atoms with Crippen LogP contribution in [-0.4, -0.2) is 19.1 Å². The molecule has 0 atom stereocenters. The zero-order valence-electron chi connectivity index (χ0n) is 10.0. The molecule has 0 amide bonds. The SMILES string of the molecule is CN(C)c1ccc(Nc2ncccc2N)cc1. The maximum atomic E-state index is 5.81.